The Morgan fingerprint density at radius 1 is 1.43 bits per heavy atom. The first kappa shape index (κ1) is 12.2. The summed E-state index contributed by atoms with van der Waals surface area (Å²) in [5.41, 5.74) is 2.47. The van der Waals surface area contributed by atoms with Crippen LogP contribution >= 0.6 is 0 Å². The first-order chi connectivity index (χ1) is 6.60. The minimum atomic E-state index is -0.981. The fraction of sp³-hybridized carbons (Fsp3) is 0.0833. The Morgan fingerprint density at radius 2 is 2.00 bits per heavy atom. The lowest BCUT2D eigenvalue weighted by molar-refractivity contribution is -0.131. The fourth-order valence-corrected chi connectivity index (χ4v) is 0.797. The Bertz CT molecular complexity index is 327. The standard InChI is InChI=1S/C9H10.C3H4O2/c1-3-9-6-4-5-8(2)7-9;1-2-3(4)5/h3-7H,1H2,2H3;2H,1H2,(H,4,5). The van der Waals surface area contributed by atoms with E-state index in [0.717, 1.165) is 6.08 Å². The Hall–Kier alpha value is -1.83. The van der Waals surface area contributed by atoms with Crippen LogP contribution in [0.4, 0.5) is 0 Å². The summed E-state index contributed by atoms with van der Waals surface area (Å²) in [6.45, 7) is 8.71. The lowest BCUT2D eigenvalue weighted by atomic mass is 10.1. The molecule has 0 saturated carbocycles. The van der Waals surface area contributed by atoms with Gasteiger partial charge in [0.1, 0.15) is 0 Å². The SMILES string of the molecule is C=CC(=O)O.C=Cc1cccc(C)c1. The first-order valence-electron chi connectivity index (χ1n) is 4.14. The molecule has 14 heavy (non-hydrogen) atoms. The number of hydrogen-bond acceptors (Lipinski definition) is 1. The molecule has 1 aromatic carbocycles. The molecule has 0 atom stereocenters. The van der Waals surface area contributed by atoms with Crippen LogP contribution in [-0.2, 0) is 4.79 Å². The number of carboxylic acid groups (broad SMARTS) is 1. The van der Waals surface area contributed by atoms with Crippen molar-refractivity contribution >= 4 is 12.0 Å². The quantitative estimate of drug-likeness (QED) is 0.728. The molecule has 0 spiro atoms. The molecule has 0 aliphatic rings. The molecule has 2 heteroatoms. The van der Waals surface area contributed by atoms with Gasteiger partial charge in [-0.3, -0.25) is 0 Å². The maximum atomic E-state index is 9.25. The lowest BCUT2D eigenvalue weighted by Crippen LogP contribution is -1.82. The molecule has 0 saturated heterocycles. The molecular weight excluding hydrogens is 176 g/mol. The van der Waals surface area contributed by atoms with E-state index in [1.807, 2.05) is 18.2 Å². The van der Waals surface area contributed by atoms with E-state index in [1.165, 1.54) is 11.1 Å². The van der Waals surface area contributed by atoms with Gasteiger partial charge >= 0.3 is 5.97 Å². The second kappa shape index (κ2) is 6.66. The summed E-state index contributed by atoms with van der Waals surface area (Å²) in [6.07, 6.45) is 2.69. The van der Waals surface area contributed by atoms with Crippen molar-refractivity contribution in [1.29, 1.82) is 0 Å². The van der Waals surface area contributed by atoms with Crippen LogP contribution in [0.25, 0.3) is 6.08 Å². The molecule has 0 bridgehead atoms. The Morgan fingerprint density at radius 3 is 2.29 bits per heavy atom. The van der Waals surface area contributed by atoms with Crippen LogP contribution in [0.1, 0.15) is 11.1 Å². The third-order valence-corrected chi connectivity index (χ3v) is 1.45. The molecule has 0 unspecified atom stereocenters. The van der Waals surface area contributed by atoms with Crippen LogP contribution in [0.2, 0.25) is 0 Å². The molecule has 74 valence electrons. The summed E-state index contributed by atoms with van der Waals surface area (Å²) in [7, 11) is 0. The maximum absolute atomic E-state index is 9.25. The molecule has 0 aliphatic heterocycles. The van der Waals surface area contributed by atoms with Gasteiger partial charge in [-0.05, 0) is 12.5 Å². The highest BCUT2D eigenvalue weighted by atomic mass is 16.4. The molecule has 0 radical (unpaired) electrons. The number of hydrogen-bond donors (Lipinski definition) is 1. The van der Waals surface area contributed by atoms with Gasteiger partial charge in [0.05, 0.1) is 0 Å². The largest absolute Gasteiger partial charge is 0.478 e. The molecule has 0 amide bonds. The molecule has 0 aliphatic carbocycles. The zero-order valence-electron chi connectivity index (χ0n) is 8.23. The number of aryl methyl sites for hydroxylation is 1. The smallest absolute Gasteiger partial charge is 0.327 e. The van der Waals surface area contributed by atoms with Gasteiger partial charge in [-0.2, -0.15) is 0 Å². The minimum Gasteiger partial charge on any atom is -0.478 e. The molecule has 1 aromatic rings. The second-order valence-corrected chi connectivity index (χ2v) is 2.66. The third-order valence-electron chi connectivity index (χ3n) is 1.45. The average molecular weight is 190 g/mol. The molecule has 0 aromatic heterocycles. The van der Waals surface area contributed by atoms with Crippen LogP contribution in [0.15, 0.2) is 43.5 Å². The van der Waals surface area contributed by atoms with Crippen molar-refractivity contribution in [2.24, 2.45) is 0 Å². The molecule has 0 fully saturated rings. The van der Waals surface area contributed by atoms with E-state index < -0.39 is 5.97 Å². The lowest BCUT2D eigenvalue weighted by Gasteiger charge is -1.92. The Kier molecular flexibility index (Phi) is 5.79. The van der Waals surface area contributed by atoms with Gasteiger partial charge in [0.25, 0.3) is 0 Å². The van der Waals surface area contributed by atoms with Crippen LogP contribution in [-0.4, -0.2) is 11.1 Å². The number of carbonyl (C=O) groups is 1. The predicted molar refractivity (Wildman–Crippen MR) is 59.1 cm³/mol. The topological polar surface area (TPSA) is 37.3 Å². The van der Waals surface area contributed by atoms with Gasteiger partial charge in [0.2, 0.25) is 0 Å². The molecule has 0 heterocycles. The van der Waals surface area contributed by atoms with E-state index in [9.17, 15) is 4.79 Å². The highest BCUT2D eigenvalue weighted by Gasteiger charge is 1.83. The molecule has 2 nitrogen and oxygen atoms in total. The summed E-state index contributed by atoms with van der Waals surface area (Å²) in [6, 6.07) is 8.26. The van der Waals surface area contributed by atoms with Gasteiger partial charge in [0.15, 0.2) is 0 Å². The van der Waals surface area contributed by atoms with E-state index in [-0.39, 0.29) is 0 Å². The van der Waals surface area contributed by atoms with Gasteiger partial charge in [-0.25, -0.2) is 4.79 Å². The molecular formula is C12H14O2. The third kappa shape index (κ3) is 5.77. The highest BCUT2D eigenvalue weighted by Crippen LogP contribution is 2.03. The fourth-order valence-electron chi connectivity index (χ4n) is 0.797. The summed E-state index contributed by atoms with van der Waals surface area (Å²) in [5, 5.41) is 7.60. The van der Waals surface area contributed by atoms with E-state index in [2.05, 4.69) is 32.2 Å². The normalized spacial score (nSPS) is 8.07. The number of rotatable bonds is 2. The Balaban J connectivity index is 0.000000292. The van der Waals surface area contributed by atoms with Crippen molar-refractivity contribution < 1.29 is 9.90 Å². The van der Waals surface area contributed by atoms with Crippen LogP contribution < -0.4 is 0 Å². The van der Waals surface area contributed by atoms with Crippen molar-refractivity contribution in [1.82, 2.24) is 0 Å². The molecule has 1 N–H and O–H groups in total. The van der Waals surface area contributed by atoms with Crippen molar-refractivity contribution in [3.05, 3.63) is 54.6 Å². The van der Waals surface area contributed by atoms with Crippen LogP contribution in [0.5, 0.6) is 0 Å². The van der Waals surface area contributed by atoms with Crippen LogP contribution in [0, 0.1) is 6.92 Å². The van der Waals surface area contributed by atoms with E-state index >= 15 is 0 Å². The monoisotopic (exact) mass is 190 g/mol. The second-order valence-electron chi connectivity index (χ2n) is 2.66. The van der Waals surface area contributed by atoms with Crippen molar-refractivity contribution in [3.63, 3.8) is 0 Å². The average Bonchev–Trinajstić information content (AvgIpc) is 2.18. The molecule has 1 rings (SSSR count). The van der Waals surface area contributed by atoms with Gasteiger partial charge in [-0.1, -0.05) is 49.1 Å². The predicted octanol–water partition coefficient (Wildman–Crippen LogP) is 2.90. The van der Waals surface area contributed by atoms with Crippen molar-refractivity contribution in [2.45, 2.75) is 6.92 Å². The van der Waals surface area contributed by atoms with E-state index in [1.54, 1.807) is 0 Å². The van der Waals surface area contributed by atoms with E-state index in [4.69, 9.17) is 5.11 Å². The number of benzene rings is 1. The number of carboxylic acids is 1. The zero-order chi connectivity index (χ0) is 11.0. The summed E-state index contributed by atoms with van der Waals surface area (Å²) >= 11 is 0. The minimum absolute atomic E-state index is 0.833. The van der Waals surface area contributed by atoms with Gasteiger partial charge in [-0.15, -0.1) is 0 Å². The van der Waals surface area contributed by atoms with E-state index in [0.29, 0.717) is 0 Å². The zero-order valence-corrected chi connectivity index (χ0v) is 8.23. The number of aliphatic carboxylic acids is 1. The van der Waals surface area contributed by atoms with Gasteiger partial charge in [0, 0.05) is 6.08 Å². The highest BCUT2D eigenvalue weighted by molar-refractivity contribution is 5.78. The summed E-state index contributed by atoms with van der Waals surface area (Å²) in [4.78, 5) is 9.25. The summed E-state index contributed by atoms with van der Waals surface area (Å²) in [5.74, 6) is -0.981. The maximum Gasteiger partial charge on any atom is 0.327 e. The van der Waals surface area contributed by atoms with Crippen LogP contribution in [0.3, 0.4) is 0 Å². The van der Waals surface area contributed by atoms with Crippen molar-refractivity contribution in [3.8, 4) is 0 Å². The summed E-state index contributed by atoms with van der Waals surface area (Å²) < 4.78 is 0. The Labute approximate surface area is 84.2 Å². The van der Waals surface area contributed by atoms with Crippen molar-refractivity contribution in [2.75, 3.05) is 0 Å². The van der Waals surface area contributed by atoms with Gasteiger partial charge < -0.3 is 5.11 Å². The first-order valence-corrected chi connectivity index (χ1v) is 4.14.